The van der Waals surface area contributed by atoms with Gasteiger partial charge in [-0.15, -0.1) is 11.8 Å². The number of hydrogen-bond donors (Lipinski definition) is 2. The number of rotatable bonds is 1. The summed E-state index contributed by atoms with van der Waals surface area (Å²) in [5.74, 6) is 0.635. The topological polar surface area (TPSA) is 58.4 Å². The standard InChI is InChI=1S/C11H12F3N3OS/c12-11(13,14)6-16-10(18)17-3-4-19-9-2-1-7(15)5-8(9)17/h1-2,5H,3-4,6,15H2,(H,16,18). The molecule has 1 aromatic rings. The predicted octanol–water partition coefficient (Wildman–Crippen LogP) is 2.45. The molecule has 4 nitrogen and oxygen atoms in total. The molecule has 0 saturated heterocycles. The normalized spacial score (nSPS) is 15.0. The Morgan fingerprint density at radius 1 is 1.47 bits per heavy atom. The molecule has 1 aliphatic heterocycles. The van der Waals surface area contributed by atoms with E-state index < -0.39 is 18.8 Å². The van der Waals surface area contributed by atoms with Crippen molar-refractivity contribution in [3.05, 3.63) is 18.2 Å². The number of carbonyl (C=O) groups excluding carboxylic acids is 1. The fraction of sp³-hybridized carbons (Fsp3) is 0.364. The third-order valence-electron chi connectivity index (χ3n) is 2.53. The second-order valence-corrected chi connectivity index (χ2v) is 5.14. The molecule has 0 saturated carbocycles. The summed E-state index contributed by atoms with van der Waals surface area (Å²) in [7, 11) is 0. The van der Waals surface area contributed by atoms with E-state index in [9.17, 15) is 18.0 Å². The molecule has 0 atom stereocenters. The minimum absolute atomic E-state index is 0.352. The summed E-state index contributed by atoms with van der Waals surface area (Å²) < 4.78 is 36.3. The van der Waals surface area contributed by atoms with Crippen molar-refractivity contribution in [1.82, 2.24) is 5.32 Å². The van der Waals surface area contributed by atoms with Gasteiger partial charge in [-0.25, -0.2) is 4.79 Å². The maximum Gasteiger partial charge on any atom is 0.405 e. The lowest BCUT2D eigenvalue weighted by atomic mass is 10.2. The van der Waals surface area contributed by atoms with E-state index >= 15 is 0 Å². The first-order valence-corrected chi connectivity index (χ1v) is 6.50. The van der Waals surface area contributed by atoms with E-state index in [2.05, 4.69) is 0 Å². The van der Waals surface area contributed by atoms with Crippen LogP contribution in [0.5, 0.6) is 0 Å². The highest BCUT2D eigenvalue weighted by Gasteiger charge is 2.30. The number of nitrogens with two attached hydrogens (primary N) is 1. The fourth-order valence-electron chi connectivity index (χ4n) is 1.72. The first-order valence-electron chi connectivity index (χ1n) is 5.51. The van der Waals surface area contributed by atoms with Gasteiger partial charge in [0.1, 0.15) is 6.54 Å². The van der Waals surface area contributed by atoms with Gasteiger partial charge >= 0.3 is 12.2 Å². The van der Waals surface area contributed by atoms with Crippen LogP contribution in [-0.2, 0) is 0 Å². The Bertz CT molecular complexity index is 493. The van der Waals surface area contributed by atoms with Crippen LogP contribution in [0.15, 0.2) is 23.1 Å². The minimum Gasteiger partial charge on any atom is -0.399 e. The van der Waals surface area contributed by atoms with Crippen molar-refractivity contribution in [2.45, 2.75) is 11.1 Å². The summed E-state index contributed by atoms with van der Waals surface area (Å²) in [6.45, 7) is -0.988. The number of hydrogen-bond acceptors (Lipinski definition) is 3. The maximum absolute atomic E-state index is 12.1. The number of nitrogens with zero attached hydrogens (tertiary/aromatic N) is 1. The molecule has 19 heavy (non-hydrogen) atoms. The van der Waals surface area contributed by atoms with E-state index in [1.54, 1.807) is 30.0 Å². The van der Waals surface area contributed by atoms with E-state index in [-0.39, 0.29) is 0 Å². The van der Waals surface area contributed by atoms with Crippen molar-refractivity contribution < 1.29 is 18.0 Å². The summed E-state index contributed by atoms with van der Waals surface area (Å²) in [5, 5.41) is 1.86. The molecule has 0 bridgehead atoms. The zero-order valence-corrected chi connectivity index (χ0v) is 10.6. The molecule has 2 rings (SSSR count). The van der Waals surface area contributed by atoms with Gasteiger partial charge in [-0.2, -0.15) is 13.2 Å². The number of nitrogen functional groups attached to an aromatic ring is 1. The molecular weight excluding hydrogens is 279 g/mol. The Balaban J connectivity index is 2.14. The summed E-state index contributed by atoms with van der Waals surface area (Å²) >= 11 is 1.54. The molecule has 104 valence electrons. The third-order valence-corrected chi connectivity index (χ3v) is 3.57. The molecule has 8 heteroatoms. The third kappa shape index (κ3) is 3.46. The predicted molar refractivity (Wildman–Crippen MR) is 68.4 cm³/mol. The van der Waals surface area contributed by atoms with Crippen LogP contribution in [0.1, 0.15) is 0 Å². The summed E-state index contributed by atoms with van der Waals surface area (Å²) in [5.41, 5.74) is 6.66. The van der Waals surface area contributed by atoms with Crippen LogP contribution in [-0.4, -0.2) is 31.0 Å². The number of fused-ring (bicyclic) bond motifs is 1. The van der Waals surface area contributed by atoms with Gasteiger partial charge in [0.25, 0.3) is 0 Å². The number of anilines is 2. The van der Waals surface area contributed by atoms with Gasteiger partial charge in [-0.05, 0) is 18.2 Å². The van der Waals surface area contributed by atoms with E-state index in [0.717, 1.165) is 4.90 Å². The lowest BCUT2D eigenvalue weighted by Gasteiger charge is -2.29. The van der Waals surface area contributed by atoms with Crippen LogP contribution < -0.4 is 16.0 Å². The monoisotopic (exact) mass is 291 g/mol. The van der Waals surface area contributed by atoms with Gasteiger partial charge in [0.2, 0.25) is 0 Å². The quantitative estimate of drug-likeness (QED) is 0.781. The van der Waals surface area contributed by atoms with Crippen molar-refractivity contribution in [2.24, 2.45) is 0 Å². The summed E-state index contributed by atoms with van der Waals surface area (Å²) in [4.78, 5) is 13.9. The van der Waals surface area contributed by atoms with E-state index in [4.69, 9.17) is 5.73 Å². The Kier molecular flexibility index (Phi) is 3.79. The Morgan fingerprint density at radius 3 is 2.89 bits per heavy atom. The lowest BCUT2D eigenvalue weighted by Crippen LogP contribution is -2.45. The fourth-order valence-corrected chi connectivity index (χ4v) is 2.69. The number of carbonyl (C=O) groups is 1. The van der Waals surface area contributed by atoms with Crippen LogP contribution in [0.25, 0.3) is 0 Å². The highest BCUT2D eigenvalue weighted by Crippen LogP contribution is 2.36. The molecular formula is C11H12F3N3OS. The molecule has 0 spiro atoms. The second-order valence-electron chi connectivity index (χ2n) is 4.00. The largest absolute Gasteiger partial charge is 0.405 e. The lowest BCUT2D eigenvalue weighted by molar-refractivity contribution is -0.122. The van der Waals surface area contributed by atoms with Crippen molar-refractivity contribution in [3.8, 4) is 0 Å². The molecule has 0 aromatic heterocycles. The molecule has 0 unspecified atom stereocenters. The van der Waals surface area contributed by atoms with Crippen LogP contribution in [0.2, 0.25) is 0 Å². The van der Waals surface area contributed by atoms with Crippen LogP contribution in [0.3, 0.4) is 0 Å². The van der Waals surface area contributed by atoms with Crippen LogP contribution in [0, 0.1) is 0 Å². The Morgan fingerprint density at radius 2 is 2.21 bits per heavy atom. The van der Waals surface area contributed by atoms with Crippen molar-refractivity contribution in [3.63, 3.8) is 0 Å². The minimum atomic E-state index is -4.42. The average Bonchev–Trinajstić information content (AvgIpc) is 2.34. The smallest absolute Gasteiger partial charge is 0.399 e. The SMILES string of the molecule is Nc1ccc2c(c1)N(C(=O)NCC(F)(F)F)CCS2. The van der Waals surface area contributed by atoms with E-state index in [1.807, 2.05) is 5.32 Å². The van der Waals surface area contributed by atoms with E-state index in [1.165, 1.54) is 4.90 Å². The molecule has 0 radical (unpaired) electrons. The van der Waals surface area contributed by atoms with Gasteiger partial charge < -0.3 is 11.1 Å². The van der Waals surface area contributed by atoms with E-state index in [0.29, 0.717) is 23.7 Å². The molecule has 0 aliphatic carbocycles. The first-order chi connectivity index (χ1) is 8.87. The number of urea groups is 1. The molecule has 1 heterocycles. The maximum atomic E-state index is 12.1. The zero-order chi connectivity index (χ0) is 14.0. The number of amides is 2. The van der Waals surface area contributed by atoms with Crippen molar-refractivity contribution in [1.29, 1.82) is 0 Å². The average molecular weight is 291 g/mol. The highest BCUT2D eigenvalue weighted by atomic mass is 32.2. The van der Waals surface area contributed by atoms with Gasteiger partial charge in [-0.1, -0.05) is 0 Å². The summed E-state index contributed by atoms with van der Waals surface area (Å²) in [6, 6.07) is 4.29. The van der Waals surface area contributed by atoms with Gasteiger partial charge in [0.15, 0.2) is 0 Å². The second kappa shape index (κ2) is 5.20. The van der Waals surface area contributed by atoms with Gasteiger partial charge in [-0.3, -0.25) is 4.90 Å². The Labute approximate surface area is 112 Å². The van der Waals surface area contributed by atoms with Crippen molar-refractivity contribution in [2.75, 3.05) is 29.5 Å². The molecule has 2 amide bonds. The number of nitrogens with one attached hydrogen (secondary N) is 1. The van der Waals surface area contributed by atoms with Gasteiger partial charge in [0, 0.05) is 22.9 Å². The number of thioether (sulfide) groups is 1. The first kappa shape index (κ1) is 13.9. The number of benzene rings is 1. The summed E-state index contributed by atoms with van der Waals surface area (Å²) in [6.07, 6.45) is -4.42. The molecule has 1 aromatic carbocycles. The molecule has 3 N–H and O–H groups in total. The molecule has 1 aliphatic rings. The zero-order valence-electron chi connectivity index (χ0n) is 9.83. The number of halogens is 3. The molecule has 0 fully saturated rings. The van der Waals surface area contributed by atoms with Crippen molar-refractivity contribution >= 4 is 29.2 Å². The number of alkyl halides is 3. The van der Waals surface area contributed by atoms with Crippen LogP contribution in [0.4, 0.5) is 29.3 Å². The van der Waals surface area contributed by atoms with Gasteiger partial charge in [0.05, 0.1) is 5.69 Å². The van der Waals surface area contributed by atoms with Crippen LogP contribution >= 0.6 is 11.8 Å². The Hall–Kier alpha value is -1.57. The highest BCUT2D eigenvalue weighted by molar-refractivity contribution is 7.99.